The Hall–Kier alpha value is -5.90. The molecule has 210 valence electrons. The molecule has 0 aliphatic heterocycles. The van der Waals surface area contributed by atoms with Gasteiger partial charge in [0.1, 0.15) is 11.9 Å². The van der Waals surface area contributed by atoms with Crippen LogP contribution in [0.15, 0.2) is 65.5 Å². The van der Waals surface area contributed by atoms with Gasteiger partial charge in [-0.25, -0.2) is 4.98 Å². The highest BCUT2D eigenvalue weighted by atomic mass is 16.6. The van der Waals surface area contributed by atoms with Gasteiger partial charge in [0.05, 0.1) is 22.4 Å². The third-order valence-electron chi connectivity index (χ3n) is 6.73. The van der Waals surface area contributed by atoms with E-state index < -0.39 is 16.9 Å². The quantitative estimate of drug-likeness (QED) is 0.138. The Morgan fingerprint density at radius 3 is 2.64 bits per heavy atom. The number of nitrogens with one attached hydrogen (secondary N) is 3. The van der Waals surface area contributed by atoms with Crippen molar-refractivity contribution in [3.63, 3.8) is 0 Å². The number of hydrogen-bond acceptors (Lipinski definition) is 9. The van der Waals surface area contributed by atoms with E-state index in [1.54, 1.807) is 37.3 Å². The van der Waals surface area contributed by atoms with Crippen molar-refractivity contribution in [2.75, 3.05) is 11.4 Å². The third-order valence-corrected chi connectivity index (χ3v) is 6.73. The summed E-state index contributed by atoms with van der Waals surface area (Å²) in [6.07, 6.45) is 5.67. The summed E-state index contributed by atoms with van der Waals surface area (Å²) in [4.78, 5) is 45.6. The summed E-state index contributed by atoms with van der Waals surface area (Å²) in [5.41, 5.74) is 3.70. The number of aryl methyl sites for hydroxylation is 2. The molecule has 42 heavy (non-hydrogen) atoms. The molecule has 5 rings (SSSR count). The lowest BCUT2D eigenvalue weighted by Crippen LogP contribution is -2.30. The molecule has 1 unspecified atom stereocenters. The third kappa shape index (κ3) is 5.82. The van der Waals surface area contributed by atoms with E-state index in [9.17, 15) is 19.7 Å². The number of terminal acetylenes is 1. The minimum absolute atomic E-state index is 0.133. The molecular weight excluding hydrogens is 538 g/mol. The van der Waals surface area contributed by atoms with Gasteiger partial charge < -0.3 is 15.2 Å². The molecule has 3 aromatic carbocycles. The Balaban J connectivity index is 1.38. The van der Waals surface area contributed by atoms with Crippen molar-refractivity contribution in [3.05, 3.63) is 115 Å². The molecule has 3 N–H and O–H groups in total. The van der Waals surface area contributed by atoms with E-state index >= 15 is 0 Å². The molecule has 13 heteroatoms. The molecule has 2 heterocycles. The van der Waals surface area contributed by atoms with Gasteiger partial charge in [-0.2, -0.15) is 5.21 Å². The summed E-state index contributed by atoms with van der Waals surface area (Å²) in [6, 6.07) is 15.5. The topological polar surface area (TPSA) is 176 Å². The van der Waals surface area contributed by atoms with Crippen molar-refractivity contribution < 1.29 is 9.72 Å². The standard InChI is InChI=1S/C29H25N9O4/c1-4-12-37(16-21-15-24-25(13-17(21)2)30-18(3)31-29(24)40)22-10-8-19(9-11-22)28(39)32-26(27-33-35-36-34-27)20-6-5-7-23(14-20)38(41)42/h1,5-11,13-15,26H,12,16H2,2-3H3,(H,32,39)(H,30,31,40)(H,33,34,35,36). The second kappa shape index (κ2) is 11.7. The monoisotopic (exact) mass is 563 g/mol. The van der Waals surface area contributed by atoms with E-state index in [1.165, 1.54) is 18.2 Å². The molecule has 0 aliphatic carbocycles. The Morgan fingerprint density at radius 2 is 1.95 bits per heavy atom. The lowest BCUT2D eigenvalue weighted by atomic mass is 10.0. The van der Waals surface area contributed by atoms with Crippen LogP contribution in [-0.2, 0) is 6.54 Å². The maximum absolute atomic E-state index is 13.2. The molecule has 0 saturated carbocycles. The van der Waals surface area contributed by atoms with Gasteiger partial charge in [0, 0.05) is 29.9 Å². The van der Waals surface area contributed by atoms with Crippen LogP contribution in [-0.4, -0.2) is 48.0 Å². The smallest absolute Gasteiger partial charge is 0.269 e. The molecule has 5 aromatic rings. The van der Waals surface area contributed by atoms with Crippen LogP contribution in [0.25, 0.3) is 10.9 Å². The number of anilines is 1. The lowest BCUT2D eigenvalue weighted by molar-refractivity contribution is -0.384. The predicted octanol–water partition coefficient (Wildman–Crippen LogP) is 3.12. The lowest BCUT2D eigenvalue weighted by Gasteiger charge is -2.24. The highest BCUT2D eigenvalue weighted by Crippen LogP contribution is 2.25. The first-order valence-corrected chi connectivity index (χ1v) is 12.8. The number of carbonyl (C=O) groups excluding carboxylic acids is 1. The van der Waals surface area contributed by atoms with E-state index in [4.69, 9.17) is 6.42 Å². The van der Waals surface area contributed by atoms with Gasteiger partial charge in [-0.3, -0.25) is 19.7 Å². The number of nitrogens with zero attached hydrogens (tertiary/aromatic N) is 6. The minimum Gasteiger partial charge on any atom is -0.356 e. The van der Waals surface area contributed by atoms with Crippen LogP contribution in [0.1, 0.15) is 44.7 Å². The summed E-state index contributed by atoms with van der Waals surface area (Å²) >= 11 is 0. The van der Waals surface area contributed by atoms with Crippen LogP contribution in [0.2, 0.25) is 0 Å². The fourth-order valence-corrected chi connectivity index (χ4v) is 4.62. The molecule has 0 aliphatic rings. The highest BCUT2D eigenvalue weighted by Gasteiger charge is 2.24. The highest BCUT2D eigenvalue weighted by molar-refractivity contribution is 5.95. The number of tetrazole rings is 1. The van der Waals surface area contributed by atoms with Crippen molar-refractivity contribution >= 4 is 28.2 Å². The maximum Gasteiger partial charge on any atom is 0.269 e. The SMILES string of the molecule is C#CCN(Cc1cc2c(=O)[nH]c(C)nc2cc1C)c1ccc(C(=O)NC(c2cccc([N+](=O)[O-])c2)c2nn[nH]n2)cc1. The molecule has 13 nitrogen and oxygen atoms in total. The molecule has 1 atom stereocenters. The number of hydrogen-bond donors (Lipinski definition) is 3. The van der Waals surface area contributed by atoms with Gasteiger partial charge in [0.25, 0.3) is 17.2 Å². The number of nitro groups is 1. The number of carbonyl (C=O) groups is 1. The van der Waals surface area contributed by atoms with Crippen LogP contribution < -0.4 is 15.8 Å². The first-order chi connectivity index (χ1) is 20.2. The van der Waals surface area contributed by atoms with Crippen molar-refractivity contribution in [1.29, 1.82) is 0 Å². The zero-order chi connectivity index (χ0) is 29.8. The van der Waals surface area contributed by atoms with Crippen LogP contribution in [0.3, 0.4) is 0 Å². The number of benzene rings is 3. The second-order valence-corrected chi connectivity index (χ2v) is 9.58. The molecule has 0 spiro atoms. The molecule has 0 saturated heterocycles. The Bertz CT molecular complexity index is 1880. The number of amides is 1. The fraction of sp³-hybridized carbons (Fsp3) is 0.172. The van der Waals surface area contributed by atoms with Crippen molar-refractivity contribution in [3.8, 4) is 12.3 Å². The number of fused-ring (bicyclic) bond motifs is 1. The van der Waals surface area contributed by atoms with Gasteiger partial charge in [-0.1, -0.05) is 23.3 Å². The van der Waals surface area contributed by atoms with Gasteiger partial charge in [0.2, 0.25) is 5.82 Å². The molecule has 0 fully saturated rings. The number of non-ortho nitro benzene ring substituents is 1. The predicted molar refractivity (Wildman–Crippen MR) is 155 cm³/mol. The molecule has 0 bridgehead atoms. The molecule has 1 amide bonds. The Morgan fingerprint density at radius 1 is 1.17 bits per heavy atom. The van der Waals surface area contributed by atoms with Crippen LogP contribution >= 0.6 is 0 Å². The van der Waals surface area contributed by atoms with Crippen molar-refractivity contribution in [1.82, 2.24) is 35.9 Å². The number of rotatable bonds is 9. The summed E-state index contributed by atoms with van der Waals surface area (Å²) in [5, 5.41) is 28.4. The number of aromatic amines is 2. The Labute approximate surface area is 239 Å². The van der Waals surface area contributed by atoms with Crippen molar-refractivity contribution in [2.45, 2.75) is 26.4 Å². The fourth-order valence-electron chi connectivity index (χ4n) is 4.62. The normalized spacial score (nSPS) is 11.5. The van der Waals surface area contributed by atoms with Gasteiger partial charge in [-0.05, 0) is 66.9 Å². The van der Waals surface area contributed by atoms with Gasteiger partial charge >= 0.3 is 0 Å². The molecule has 0 radical (unpaired) electrons. The minimum atomic E-state index is -0.883. The van der Waals surface area contributed by atoms with E-state index in [-0.39, 0.29) is 23.6 Å². The number of aromatic nitrogens is 6. The number of H-pyrrole nitrogens is 2. The maximum atomic E-state index is 13.2. The molecule has 2 aromatic heterocycles. The number of nitro benzene ring substituents is 1. The van der Waals surface area contributed by atoms with E-state index in [2.05, 4.69) is 41.8 Å². The molecular formula is C29H25N9O4. The van der Waals surface area contributed by atoms with E-state index in [0.29, 0.717) is 34.4 Å². The van der Waals surface area contributed by atoms with Crippen LogP contribution in [0, 0.1) is 36.3 Å². The zero-order valence-corrected chi connectivity index (χ0v) is 22.7. The first-order valence-electron chi connectivity index (χ1n) is 12.8. The second-order valence-electron chi connectivity index (χ2n) is 9.58. The Kier molecular flexibility index (Phi) is 7.70. The zero-order valence-electron chi connectivity index (χ0n) is 22.7. The largest absolute Gasteiger partial charge is 0.356 e. The first kappa shape index (κ1) is 27.7. The summed E-state index contributed by atoms with van der Waals surface area (Å²) in [7, 11) is 0. The summed E-state index contributed by atoms with van der Waals surface area (Å²) < 4.78 is 0. The van der Waals surface area contributed by atoms with E-state index in [1.807, 2.05) is 24.0 Å². The van der Waals surface area contributed by atoms with E-state index in [0.717, 1.165) is 16.8 Å². The van der Waals surface area contributed by atoms with Gasteiger partial charge in [-0.15, -0.1) is 16.6 Å². The van der Waals surface area contributed by atoms with Crippen LogP contribution in [0.4, 0.5) is 11.4 Å². The summed E-state index contributed by atoms with van der Waals surface area (Å²) in [5.74, 6) is 2.92. The summed E-state index contributed by atoms with van der Waals surface area (Å²) in [6.45, 7) is 4.41. The van der Waals surface area contributed by atoms with Crippen LogP contribution in [0.5, 0.6) is 0 Å². The van der Waals surface area contributed by atoms with Crippen molar-refractivity contribution in [2.24, 2.45) is 0 Å². The average molecular weight is 564 g/mol. The average Bonchev–Trinajstić information content (AvgIpc) is 3.51. The van der Waals surface area contributed by atoms with Gasteiger partial charge in [0.15, 0.2) is 0 Å².